The number of hydrogen-bond acceptors (Lipinski definition) is 4. The van der Waals surface area contributed by atoms with Gasteiger partial charge in [0.15, 0.2) is 0 Å². The summed E-state index contributed by atoms with van der Waals surface area (Å²) in [5.74, 6) is -0.557. The molecule has 0 spiro atoms. The van der Waals surface area contributed by atoms with Gasteiger partial charge in [0.1, 0.15) is 10.7 Å². The SMILES string of the molecule is CN(CC1CCCO1)S(=O)(=O)c1ccc(F)cc1N. The Balaban J connectivity index is 2.20. The van der Waals surface area contributed by atoms with Crippen LogP contribution in [-0.4, -0.2) is 39.0 Å². The molecular formula is C12H17FN2O3S. The molecule has 1 saturated heterocycles. The average Bonchev–Trinajstić information content (AvgIpc) is 2.81. The van der Waals surface area contributed by atoms with Crippen molar-refractivity contribution in [1.82, 2.24) is 4.31 Å². The first-order chi connectivity index (χ1) is 8.91. The third-order valence-electron chi connectivity index (χ3n) is 3.14. The first-order valence-electron chi connectivity index (χ1n) is 6.04. The third-order valence-corrected chi connectivity index (χ3v) is 5.04. The van der Waals surface area contributed by atoms with Crippen LogP contribution in [0, 0.1) is 5.82 Å². The molecule has 5 nitrogen and oxygen atoms in total. The van der Waals surface area contributed by atoms with E-state index in [0.29, 0.717) is 6.61 Å². The lowest BCUT2D eigenvalue weighted by Crippen LogP contribution is -2.34. The Morgan fingerprint density at radius 2 is 2.26 bits per heavy atom. The van der Waals surface area contributed by atoms with Gasteiger partial charge in [-0.2, -0.15) is 4.31 Å². The van der Waals surface area contributed by atoms with Crippen LogP contribution >= 0.6 is 0 Å². The van der Waals surface area contributed by atoms with Crippen molar-refractivity contribution < 1.29 is 17.5 Å². The molecule has 0 radical (unpaired) electrons. The molecule has 7 heteroatoms. The Labute approximate surface area is 112 Å². The molecule has 0 bridgehead atoms. The van der Waals surface area contributed by atoms with Crippen LogP contribution in [0.1, 0.15) is 12.8 Å². The number of benzene rings is 1. The van der Waals surface area contributed by atoms with E-state index in [-0.39, 0.29) is 23.2 Å². The lowest BCUT2D eigenvalue weighted by molar-refractivity contribution is 0.0979. The van der Waals surface area contributed by atoms with Gasteiger partial charge in [-0.15, -0.1) is 0 Å². The maximum absolute atomic E-state index is 13.0. The summed E-state index contributed by atoms with van der Waals surface area (Å²) in [6.45, 7) is 0.941. The quantitative estimate of drug-likeness (QED) is 0.845. The summed E-state index contributed by atoms with van der Waals surface area (Å²) in [6, 6.07) is 3.28. The minimum atomic E-state index is -3.71. The number of likely N-dealkylation sites (N-methyl/N-ethyl adjacent to an activating group) is 1. The van der Waals surface area contributed by atoms with E-state index in [1.165, 1.54) is 17.4 Å². The van der Waals surface area contributed by atoms with E-state index in [1.807, 2.05) is 0 Å². The number of nitrogen functional groups attached to an aromatic ring is 1. The number of halogens is 1. The fourth-order valence-electron chi connectivity index (χ4n) is 2.10. The Kier molecular flexibility index (Phi) is 4.07. The van der Waals surface area contributed by atoms with E-state index in [4.69, 9.17) is 10.5 Å². The van der Waals surface area contributed by atoms with Gasteiger partial charge in [-0.1, -0.05) is 0 Å². The second-order valence-electron chi connectivity index (χ2n) is 4.60. The molecule has 0 amide bonds. The fourth-order valence-corrected chi connectivity index (χ4v) is 3.39. The van der Waals surface area contributed by atoms with E-state index in [1.54, 1.807) is 0 Å². The number of nitrogens with two attached hydrogens (primary N) is 1. The molecule has 2 rings (SSSR count). The maximum Gasteiger partial charge on any atom is 0.244 e. The van der Waals surface area contributed by atoms with Gasteiger partial charge < -0.3 is 10.5 Å². The van der Waals surface area contributed by atoms with E-state index in [9.17, 15) is 12.8 Å². The van der Waals surface area contributed by atoms with Crippen molar-refractivity contribution in [2.75, 3.05) is 25.9 Å². The van der Waals surface area contributed by atoms with Gasteiger partial charge in [0.05, 0.1) is 11.8 Å². The number of rotatable bonds is 4. The second kappa shape index (κ2) is 5.44. The first-order valence-corrected chi connectivity index (χ1v) is 7.48. The summed E-state index contributed by atoms with van der Waals surface area (Å²) >= 11 is 0. The molecule has 1 heterocycles. The standard InChI is InChI=1S/C12H17FN2O3S/c1-15(8-10-3-2-6-18-10)19(16,17)12-5-4-9(13)7-11(12)14/h4-5,7,10H,2-3,6,8,14H2,1H3. The van der Waals surface area contributed by atoms with Crippen LogP contribution in [0.15, 0.2) is 23.1 Å². The predicted octanol–water partition coefficient (Wildman–Crippen LogP) is 1.21. The number of nitrogens with zero attached hydrogens (tertiary/aromatic N) is 1. The smallest absolute Gasteiger partial charge is 0.244 e. The molecule has 1 aromatic rings. The van der Waals surface area contributed by atoms with Crippen LogP contribution in [0.4, 0.5) is 10.1 Å². The summed E-state index contributed by atoms with van der Waals surface area (Å²) < 4.78 is 44.2. The molecule has 1 atom stereocenters. The van der Waals surface area contributed by atoms with Gasteiger partial charge in [0, 0.05) is 20.2 Å². The van der Waals surface area contributed by atoms with Crippen LogP contribution in [-0.2, 0) is 14.8 Å². The van der Waals surface area contributed by atoms with Crippen molar-refractivity contribution in [2.24, 2.45) is 0 Å². The van der Waals surface area contributed by atoms with Gasteiger partial charge in [-0.05, 0) is 31.0 Å². The summed E-state index contributed by atoms with van der Waals surface area (Å²) in [6.07, 6.45) is 1.71. The minimum Gasteiger partial charge on any atom is -0.398 e. The summed E-state index contributed by atoms with van der Waals surface area (Å²) in [4.78, 5) is -0.0746. The number of ether oxygens (including phenoxy) is 1. The molecule has 1 aliphatic heterocycles. The van der Waals surface area contributed by atoms with Gasteiger partial charge >= 0.3 is 0 Å². The molecule has 2 N–H and O–H groups in total. The van der Waals surface area contributed by atoms with Gasteiger partial charge in [0.2, 0.25) is 10.0 Å². The maximum atomic E-state index is 13.0. The van der Waals surface area contributed by atoms with Crippen molar-refractivity contribution in [3.8, 4) is 0 Å². The van der Waals surface area contributed by atoms with E-state index in [0.717, 1.165) is 25.0 Å². The predicted molar refractivity (Wildman–Crippen MR) is 69.6 cm³/mol. The van der Waals surface area contributed by atoms with Crippen LogP contribution in [0.5, 0.6) is 0 Å². The van der Waals surface area contributed by atoms with E-state index in [2.05, 4.69) is 0 Å². The van der Waals surface area contributed by atoms with Gasteiger partial charge in [-0.3, -0.25) is 0 Å². The molecule has 1 unspecified atom stereocenters. The lowest BCUT2D eigenvalue weighted by Gasteiger charge is -2.21. The minimum absolute atomic E-state index is 0.0746. The van der Waals surface area contributed by atoms with Crippen molar-refractivity contribution in [1.29, 1.82) is 0 Å². The Bertz CT molecular complexity index is 556. The Morgan fingerprint density at radius 3 is 2.84 bits per heavy atom. The first kappa shape index (κ1) is 14.2. The van der Waals surface area contributed by atoms with Gasteiger partial charge in [-0.25, -0.2) is 12.8 Å². The molecule has 1 aliphatic rings. The van der Waals surface area contributed by atoms with Crippen LogP contribution in [0.3, 0.4) is 0 Å². The zero-order valence-corrected chi connectivity index (χ0v) is 11.5. The molecule has 0 aliphatic carbocycles. The molecule has 106 valence electrons. The molecule has 0 aromatic heterocycles. The highest BCUT2D eigenvalue weighted by molar-refractivity contribution is 7.89. The fraction of sp³-hybridized carbons (Fsp3) is 0.500. The topological polar surface area (TPSA) is 72.6 Å². The van der Waals surface area contributed by atoms with Crippen LogP contribution < -0.4 is 5.73 Å². The van der Waals surface area contributed by atoms with Crippen molar-refractivity contribution in [3.63, 3.8) is 0 Å². The summed E-state index contributed by atoms with van der Waals surface area (Å²) in [7, 11) is -2.24. The lowest BCUT2D eigenvalue weighted by atomic mass is 10.2. The zero-order valence-electron chi connectivity index (χ0n) is 10.7. The monoisotopic (exact) mass is 288 g/mol. The second-order valence-corrected chi connectivity index (χ2v) is 6.62. The van der Waals surface area contributed by atoms with Crippen LogP contribution in [0.2, 0.25) is 0 Å². The number of hydrogen-bond donors (Lipinski definition) is 1. The highest BCUT2D eigenvalue weighted by Crippen LogP contribution is 2.23. The van der Waals surface area contributed by atoms with Crippen LogP contribution in [0.25, 0.3) is 0 Å². The van der Waals surface area contributed by atoms with Crippen molar-refractivity contribution in [3.05, 3.63) is 24.0 Å². The number of sulfonamides is 1. The highest BCUT2D eigenvalue weighted by Gasteiger charge is 2.27. The molecule has 19 heavy (non-hydrogen) atoms. The Hall–Kier alpha value is -1.18. The zero-order chi connectivity index (χ0) is 14.0. The van der Waals surface area contributed by atoms with E-state index < -0.39 is 15.8 Å². The largest absolute Gasteiger partial charge is 0.398 e. The van der Waals surface area contributed by atoms with Crippen molar-refractivity contribution >= 4 is 15.7 Å². The highest BCUT2D eigenvalue weighted by atomic mass is 32.2. The Morgan fingerprint density at radius 1 is 1.53 bits per heavy atom. The molecule has 1 fully saturated rings. The number of anilines is 1. The summed E-state index contributed by atoms with van der Waals surface area (Å²) in [5, 5.41) is 0. The average molecular weight is 288 g/mol. The van der Waals surface area contributed by atoms with Gasteiger partial charge in [0.25, 0.3) is 0 Å². The van der Waals surface area contributed by atoms with E-state index >= 15 is 0 Å². The third kappa shape index (κ3) is 3.05. The normalized spacial score (nSPS) is 20.1. The summed E-state index contributed by atoms with van der Waals surface area (Å²) in [5.41, 5.74) is 5.49. The molecular weight excluding hydrogens is 271 g/mol. The molecule has 1 aromatic carbocycles. The molecule has 0 saturated carbocycles. The van der Waals surface area contributed by atoms with Crippen molar-refractivity contribution in [2.45, 2.75) is 23.8 Å².